The van der Waals surface area contributed by atoms with Crippen LogP contribution in [0.25, 0.3) is 21.9 Å². The van der Waals surface area contributed by atoms with E-state index in [2.05, 4.69) is 10.3 Å². The van der Waals surface area contributed by atoms with Gasteiger partial charge in [-0.15, -0.1) is 0 Å². The highest BCUT2D eigenvalue weighted by atomic mass is 35.5. The Morgan fingerprint density at radius 1 is 1.17 bits per heavy atom. The number of amides is 1. The van der Waals surface area contributed by atoms with Crippen LogP contribution in [0.1, 0.15) is 25.8 Å². The largest absolute Gasteiger partial charge is 0.352 e. The molecular weight excluding hydrogens is 400 g/mol. The third-order valence-corrected chi connectivity index (χ3v) is 5.72. The Morgan fingerprint density at radius 3 is 2.67 bits per heavy atom. The maximum atomic E-state index is 13.4. The summed E-state index contributed by atoms with van der Waals surface area (Å²) in [5, 5.41) is 4.42. The number of halogens is 1. The Hall–Kier alpha value is -3.12. The van der Waals surface area contributed by atoms with Crippen LogP contribution in [-0.2, 0) is 17.9 Å². The van der Waals surface area contributed by atoms with Crippen molar-refractivity contribution in [3.8, 4) is 0 Å². The van der Waals surface area contributed by atoms with Crippen LogP contribution in [0.5, 0.6) is 0 Å². The standard InChI is InChI=1S/C23H23ClN4O2/c1-3-15(2)26-20(29)13-28-19-11-7-5-9-17(19)21-22(28)23(30)27(14-25-21)12-16-8-4-6-10-18(16)24/h4-11,14-15H,3,12-13H2,1-2H3,(H,26,29)/t15-/m0/s1. The van der Waals surface area contributed by atoms with Gasteiger partial charge in [0.15, 0.2) is 0 Å². The molecule has 0 aliphatic rings. The molecule has 0 aliphatic carbocycles. The molecule has 1 amide bonds. The molecule has 0 radical (unpaired) electrons. The molecule has 0 unspecified atom stereocenters. The quantitative estimate of drug-likeness (QED) is 0.511. The van der Waals surface area contributed by atoms with Crippen LogP contribution >= 0.6 is 11.6 Å². The molecule has 30 heavy (non-hydrogen) atoms. The number of nitrogens with one attached hydrogen (secondary N) is 1. The third-order valence-electron chi connectivity index (χ3n) is 5.35. The minimum Gasteiger partial charge on any atom is -0.352 e. The summed E-state index contributed by atoms with van der Waals surface area (Å²) in [6, 6.07) is 15.1. The molecule has 2 aromatic heterocycles. The number of fused-ring (bicyclic) bond motifs is 3. The van der Waals surface area contributed by atoms with Gasteiger partial charge in [-0.2, -0.15) is 0 Å². The van der Waals surface area contributed by atoms with Crippen molar-refractivity contribution >= 4 is 39.4 Å². The molecule has 4 aromatic rings. The number of carbonyl (C=O) groups excluding carboxylic acids is 1. The van der Waals surface area contributed by atoms with E-state index in [0.29, 0.717) is 22.6 Å². The topological polar surface area (TPSA) is 68.9 Å². The van der Waals surface area contributed by atoms with E-state index in [-0.39, 0.29) is 24.1 Å². The van der Waals surface area contributed by atoms with Crippen molar-refractivity contribution in [2.45, 2.75) is 39.4 Å². The predicted molar refractivity (Wildman–Crippen MR) is 120 cm³/mol. The normalized spacial score (nSPS) is 12.4. The summed E-state index contributed by atoms with van der Waals surface area (Å²) >= 11 is 6.28. The van der Waals surface area contributed by atoms with Gasteiger partial charge in [-0.25, -0.2) is 4.98 Å². The second-order valence-corrected chi connectivity index (χ2v) is 7.85. The first-order chi connectivity index (χ1) is 14.5. The number of benzene rings is 2. The van der Waals surface area contributed by atoms with Crippen molar-refractivity contribution in [3.63, 3.8) is 0 Å². The van der Waals surface area contributed by atoms with Crippen LogP contribution in [0.4, 0.5) is 0 Å². The summed E-state index contributed by atoms with van der Waals surface area (Å²) in [4.78, 5) is 30.6. The SMILES string of the molecule is CC[C@H](C)NC(=O)Cn1c2ccccc2c2ncn(Cc3ccccc3Cl)c(=O)c21. The molecule has 1 atom stereocenters. The third kappa shape index (κ3) is 3.71. The summed E-state index contributed by atoms with van der Waals surface area (Å²) in [6.45, 7) is 4.34. The first-order valence-corrected chi connectivity index (χ1v) is 10.4. The lowest BCUT2D eigenvalue weighted by Crippen LogP contribution is -2.35. The van der Waals surface area contributed by atoms with Crippen LogP contribution < -0.4 is 10.9 Å². The minimum absolute atomic E-state index is 0.0569. The molecule has 0 fully saturated rings. The second-order valence-electron chi connectivity index (χ2n) is 7.45. The molecule has 1 N–H and O–H groups in total. The zero-order valence-electron chi connectivity index (χ0n) is 16.9. The maximum Gasteiger partial charge on any atom is 0.278 e. The zero-order chi connectivity index (χ0) is 21.3. The van der Waals surface area contributed by atoms with Gasteiger partial charge in [0, 0.05) is 16.5 Å². The van der Waals surface area contributed by atoms with Crippen LogP contribution in [0.3, 0.4) is 0 Å². The Balaban J connectivity index is 1.85. The van der Waals surface area contributed by atoms with Gasteiger partial charge in [-0.05, 0) is 31.0 Å². The van der Waals surface area contributed by atoms with Crippen molar-refractivity contribution < 1.29 is 4.79 Å². The molecule has 154 valence electrons. The lowest BCUT2D eigenvalue weighted by Gasteiger charge is -2.13. The number of hydrogen-bond donors (Lipinski definition) is 1. The number of hydrogen-bond acceptors (Lipinski definition) is 3. The molecule has 4 rings (SSSR count). The van der Waals surface area contributed by atoms with E-state index >= 15 is 0 Å². The summed E-state index contributed by atoms with van der Waals surface area (Å²) in [7, 11) is 0. The minimum atomic E-state index is -0.201. The van der Waals surface area contributed by atoms with E-state index in [1.54, 1.807) is 17.0 Å². The molecule has 2 aromatic carbocycles. The second kappa shape index (κ2) is 8.32. The van der Waals surface area contributed by atoms with Gasteiger partial charge in [0.2, 0.25) is 5.91 Å². The Bertz CT molecular complexity index is 1290. The fourth-order valence-electron chi connectivity index (χ4n) is 3.60. The van der Waals surface area contributed by atoms with E-state index in [1.807, 2.05) is 56.3 Å². The fourth-order valence-corrected chi connectivity index (χ4v) is 3.80. The Morgan fingerprint density at radius 2 is 1.90 bits per heavy atom. The number of nitrogens with zero attached hydrogens (tertiary/aromatic N) is 3. The predicted octanol–water partition coefficient (Wildman–Crippen LogP) is 3.97. The summed E-state index contributed by atoms with van der Waals surface area (Å²) < 4.78 is 3.30. The van der Waals surface area contributed by atoms with Gasteiger partial charge >= 0.3 is 0 Å². The van der Waals surface area contributed by atoms with Gasteiger partial charge in [0.05, 0.1) is 18.4 Å². The van der Waals surface area contributed by atoms with E-state index < -0.39 is 0 Å². The number of carbonyl (C=O) groups is 1. The van der Waals surface area contributed by atoms with E-state index in [0.717, 1.165) is 22.9 Å². The van der Waals surface area contributed by atoms with Crippen molar-refractivity contribution in [3.05, 3.63) is 75.8 Å². The Kier molecular flexibility index (Phi) is 5.59. The van der Waals surface area contributed by atoms with E-state index in [9.17, 15) is 9.59 Å². The molecule has 0 saturated carbocycles. The number of rotatable bonds is 6. The first-order valence-electron chi connectivity index (χ1n) is 9.98. The Labute approximate surface area is 179 Å². The molecule has 0 saturated heterocycles. The lowest BCUT2D eigenvalue weighted by molar-refractivity contribution is -0.122. The van der Waals surface area contributed by atoms with Gasteiger partial charge in [0.25, 0.3) is 5.56 Å². The van der Waals surface area contributed by atoms with Gasteiger partial charge < -0.3 is 9.88 Å². The van der Waals surface area contributed by atoms with Crippen LogP contribution in [0.15, 0.2) is 59.7 Å². The van der Waals surface area contributed by atoms with Crippen molar-refractivity contribution in [2.24, 2.45) is 0 Å². The van der Waals surface area contributed by atoms with Gasteiger partial charge in [-0.1, -0.05) is 54.9 Å². The summed E-state index contributed by atoms with van der Waals surface area (Å²) in [5.74, 6) is -0.132. The van der Waals surface area contributed by atoms with Crippen LogP contribution in [-0.4, -0.2) is 26.1 Å². The maximum absolute atomic E-state index is 13.4. The van der Waals surface area contributed by atoms with Crippen molar-refractivity contribution in [1.29, 1.82) is 0 Å². The van der Waals surface area contributed by atoms with Crippen LogP contribution in [0, 0.1) is 0 Å². The molecule has 0 aliphatic heterocycles. The average Bonchev–Trinajstić information content (AvgIpc) is 3.05. The van der Waals surface area contributed by atoms with E-state index in [4.69, 9.17) is 11.6 Å². The average molecular weight is 423 g/mol. The number of para-hydroxylation sites is 1. The van der Waals surface area contributed by atoms with Crippen LogP contribution in [0.2, 0.25) is 5.02 Å². The van der Waals surface area contributed by atoms with Crippen molar-refractivity contribution in [1.82, 2.24) is 19.4 Å². The highest BCUT2D eigenvalue weighted by molar-refractivity contribution is 6.31. The number of aromatic nitrogens is 3. The smallest absolute Gasteiger partial charge is 0.278 e. The molecule has 2 heterocycles. The van der Waals surface area contributed by atoms with Crippen molar-refractivity contribution in [2.75, 3.05) is 0 Å². The van der Waals surface area contributed by atoms with Gasteiger partial charge in [-0.3, -0.25) is 14.2 Å². The summed E-state index contributed by atoms with van der Waals surface area (Å²) in [6.07, 6.45) is 2.38. The highest BCUT2D eigenvalue weighted by Crippen LogP contribution is 2.25. The first kappa shape index (κ1) is 20.2. The summed E-state index contributed by atoms with van der Waals surface area (Å²) in [5.41, 5.74) is 2.46. The zero-order valence-corrected chi connectivity index (χ0v) is 17.7. The fraction of sp³-hybridized carbons (Fsp3) is 0.261. The monoisotopic (exact) mass is 422 g/mol. The molecule has 7 heteroatoms. The highest BCUT2D eigenvalue weighted by Gasteiger charge is 2.19. The van der Waals surface area contributed by atoms with Gasteiger partial charge in [0.1, 0.15) is 17.6 Å². The molecule has 0 spiro atoms. The lowest BCUT2D eigenvalue weighted by atomic mass is 10.2. The molecule has 6 nitrogen and oxygen atoms in total. The molecule has 0 bridgehead atoms. The van der Waals surface area contributed by atoms with E-state index in [1.165, 1.54) is 4.57 Å². The molecular formula is C23H23ClN4O2.